The molecule has 0 saturated heterocycles. The molecule has 3 rings (SSSR count). The van der Waals surface area contributed by atoms with E-state index >= 15 is 0 Å². The number of anilines is 1. The number of para-hydroxylation sites is 1. The van der Waals surface area contributed by atoms with E-state index in [0.29, 0.717) is 10.9 Å². The topological polar surface area (TPSA) is 86.1 Å². The van der Waals surface area contributed by atoms with Crippen LogP contribution in [0.2, 0.25) is 0 Å². The SMILES string of the molecule is O=C(Nc1nccs1)c1ccc(=O)n(CCOc2ccccc2)n1. The van der Waals surface area contributed by atoms with Crippen LogP contribution in [0.15, 0.2) is 58.8 Å². The predicted molar refractivity (Wildman–Crippen MR) is 90.5 cm³/mol. The highest BCUT2D eigenvalue weighted by atomic mass is 32.1. The van der Waals surface area contributed by atoms with Crippen molar-refractivity contribution in [3.8, 4) is 5.75 Å². The Hall–Kier alpha value is -3.00. The number of nitrogens with one attached hydrogen (secondary N) is 1. The number of carbonyl (C=O) groups excluding carboxylic acids is 1. The lowest BCUT2D eigenvalue weighted by molar-refractivity contribution is 0.101. The zero-order valence-electron chi connectivity index (χ0n) is 12.6. The van der Waals surface area contributed by atoms with Crippen molar-refractivity contribution in [3.05, 3.63) is 70.1 Å². The van der Waals surface area contributed by atoms with Gasteiger partial charge < -0.3 is 4.74 Å². The molecule has 0 radical (unpaired) electrons. The van der Waals surface area contributed by atoms with Crippen LogP contribution in [0.4, 0.5) is 5.13 Å². The summed E-state index contributed by atoms with van der Waals surface area (Å²) in [5, 5.41) is 8.93. The second-order valence-electron chi connectivity index (χ2n) is 4.73. The molecule has 0 aliphatic carbocycles. The average molecular weight is 342 g/mol. The molecular formula is C16H14N4O3S. The molecule has 8 heteroatoms. The Bertz CT molecular complexity index is 863. The zero-order chi connectivity index (χ0) is 16.8. The lowest BCUT2D eigenvalue weighted by atomic mass is 10.3. The highest BCUT2D eigenvalue weighted by Gasteiger charge is 2.11. The van der Waals surface area contributed by atoms with E-state index < -0.39 is 5.91 Å². The quantitative estimate of drug-likeness (QED) is 0.741. The first kappa shape index (κ1) is 15.9. The molecule has 0 atom stereocenters. The number of amides is 1. The molecule has 0 aliphatic heterocycles. The third-order valence-corrected chi connectivity index (χ3v) is 3.76. The number of hydrogen-bond acceptors (Lipinski definition) is 6. The van der Waals surface area contributed by atoms with Crippen LogP contribution in [0.1, 0.15) is 10.5 Å². The summed E-state index contributed by atoms with van der Waals surface area (Å²) in [6.45, 7) is 0.514. The van der Waals surface area contributed by atoms with Crippen molar-refractivity contribution in [2.24, 2.45) is 0 Å². The van der Waals surface area contributed by atoms with Crippen molar-refractivity contribution in [3.63, 3.8) is 0 Å². The summed E-state index contributed by atoms with van der Waals surface area (Å²) in [6, 6.07) is 12.0. The van der Waals surface area contributed by atoms with Gasteiger partial charge in [-0.05, 0) is 18.2 Å². The number of hydrogen-bond donors (Lipinski definition) is 1. The van der Waals surface area contributed by atoms with Gasteiger partial charge in [0.05, 0.1) is 6.54 Å². The normalized spacial score (nSPS) is 10.3. The molecule has 0 saturated carbocycles. The fraction of sp³-hybridized carbons (Fsp3) is 0.125. The molecule has 0 aliphatic rings. The number of aromatic nitrogens is 3. The molecule has 2 heterocycles. The van der Waals surface area contributed by atoms with E-state index in [4.69, 9.17) is 4.74 Å². The molecule has 0 fully saturated rings. The van der Waals surface area contributed by atoms with Crippen LogP contribution >= 0.6 is 11.3 Å². The molecule has 1 aromatic carbocycles. The van der Waals surface area contributed by atoms with Crippen molar-refractivity contribution < 1.29 is 9.53 Å². The minimum absolute atomic E-state index is 0.143. The average Bonchev–Trinajstić information content (AvgIpc) is 3.10. The summed E-state index contributed by atoms with van der Waals surface area (Å²) in [4.78, 5) is 27.9. The third kappa shape index (κ3) is 4.05. The van der Waals surface area contributed by atoms with Crippen molar-refractivity contribution >= 4 is 22.4 Å². The smallest absolute Gasteiger partial charge is 0.277 e. The Morgan fingerprint density at radius 3 is 2.79 bits per heavy atom. The molecule has 2 aromatic heterocycles. The molecule has 0 bridgehead atoms. The van der Waals surface area contributed by atoms with Crippen molar-refractivity contribution in [1.29, 1.82) is 0 Å². The van der Waals surface area contributed by atoms with Gasteiger partial charge in [-0.1, -0.05) is 18.2 Å². The van der Waals surface area contributed by atoms with E-state index in [1.165, 1.54) is 28.2 Å². The Balaban J connectivity index is 1.65. The van der Waals surface area contributed by atoms with Crippen molar-refractivity contribution in [2.45, 2.75) is 6.54 Å². The van der Waals surface area contributed by atoms with Crippen LogP contribution in [0.25, 0.3) is 0 Å². The predicted octanol–water partition coefficient (Wildman–Crippen LogP) is 2.03. The highest BCUT2D eigenvalue weighted by molar-refractivity contribution is 7.13. The molecule has 0 spiro atoms. The largest absolute Gasteiger partial charge is 0.492 e. The lowest BCUT2D eigenvalue weighted by Gasteiger charge is -2.08. The monoisotopic (exact) mass is 342 g/mol. The Morgan fingerprint density at radius 2 is 2.04 bits per heavy atom. The molecular weight excluding hydrogens is 328 g/mol. The zero-order valence-corrected chi connectivity index (χ0v) is 13.4. The van der Waals surface area contributed by atoms with E-state index in [-0.39, 0.29) is 24.4 Å². The number of ether oxygens (including phenoxy) is 1. The Labute approximate surface area is 141 Å². The van der Waals surface area contributed by atoms with Gasteiger partial charge in [-0.3, -0.25) is 14.9 Å². The fourth-order valence-corrected chi connectivity index (χ4v) is 2.47. The van der Waals surface area contributed by atoms with Crippen LogP contribution in [0.3, 0.4) is 0 Å². The Morgan fingerprint density at radius 1 is 1.21 bits per heavy atom. The highest BCUT2D eigenvalue weighted by Crippen LogP contribution is 2.11. The van der Waals surface area contributed by atoms with E-state index in [1.54, 1.807) is 11.6 Å². The van der Waals surface area contributed by atoms with Crippen LogP contribution in [-0.2, 0) is 6.54 Å². The molecule has 1 N–H and O–H groups in total. The second-order valence-corrected chi connectivity index (χ2v) is 5.63. The minimum Gasteiger partial charge on any atom is -0.492 e. The van der Waals surface area contributed by atoms with Gasteiger partial charge >= 0.3 is 0 Å². The Kier molecular flexibility index (Phi) is 4.97. The summed E-state index contributed by atoms with van der Waals surface area (Å²) in [6.07, 6.45) is 1.59. The number of rotatable bonds is 6. The van der Waals surface area contributed by atoms with Gasteiger partial charge in [-0.2, -0.15) is 5.10 Å². The van der Waals surface area contributed by atoms with Crippen LogP contribution in [0.5, 0.6) is 5.75 Å². The van der Waals surface area contributed by atoms with Gasteiger partial charge in [-0.25, -0.2) is 9.67 Å². The van der Waals surface area contributed by atoms with Crippen molar-refractivity contribution in [2.75, 3.05) is 11.9 Å². The van der Waals surface area contributed by atoms with E-state index in [9.17, 15) is 9.59 Å². The summed E-state index contributed by atoms with van der Waals surface area (Å²) < 4.78 is 6.75. The molecule has 24 heavy (non-hydrogen) atoms. The summed E-state index contributed by atoms with van der Waals surface area (Å²) in [5.74, 6) is 0.297. The van der Waals surface area contributed by atoms with E-state index in [1.807, 2.05) is 30.3 Å². The number of nitrogens with zero attached hydrogens (tertiary/aromatic N) is 3. The number of carbonyl (C=O) groups is 1. The van der Waals surface area contributed by atoms with E-state index in [0.717, 1.165) is 0 Å². The maximum absolute atomic E-state index is 12.1. The molecule has 0 unspecified atom stereocenters. The molecule has 7 nitrogen and oxygen atoms in total. The van der Waals surface area contributed by atoms with Gasteiger partial charge in [0, 0.05) is 17.6 Å². The first-order valence-corrected chi connectivity index (χ1v) is 8.07. The first-order chi connectivity index (χ1) is 11.7. The van der Waals surface area contributed by atoms with Gasteiger partial charge in [0.2, 0.25) is 0 Å². The van der Waals surface area contributed by atoms with Gasteiger partial charge in [0.15, 0.2) is 5.13 Å². The summed E-state index contributed by atoms with van der Waals surface area (Å²) >= 11 is 1.31. The number of benzene rings is 1. The van der Waals surface area contributed by atoms with E-state index in [2.05, 4.69) is 15.4 Å². The standard InChI is InChI=1S/C16H14N4O3S/c21-14-7-6-13(15(22)18-16-17-8-11-24-16)19-20(14)9-10-23-12-4-2-1-3-5-12/h1-8,11H,9-10H2,(H,17,18,22). The van der Waals surface area contributed by atoms with Crippen LogP contribution in [0, 0.1) is 0 Å². The van der Waals surface area contributed by atoms with Gasteiger partial charge in [0.1, 0.15) is 18.1 Å². The maximum Gasteiger partial charge on any atom is 0.277 e. The third-order valence-electron chi connectivity index (χ3n) is 3.07. The molecule has 1 amide bonds. The lowest BCUT2D eigenvalue weighted by Crippen LogP contribution is -2.28. The van der Waals surface area contributed by atoms with Crippen LogP contribution < -0.4 is 15.6 Å². The molecule has 3 aromatic rings. The summed E-state index contributed by atoms with van der Waals surface area (Å²) in [5.41, 5.74) is -0.151. The number of thiazole rings is 1. The van der Waals surface area contributed by atoms with Crippen molar-refractivity contribution in [1.82, 2.24) is 14.8 Å². The molecule has 122 valence electrons. The van der Waals surface area contributed by atoms with Crippen LogP contribution in [-0.4, -0.2) is 27.3 Å². The maximum atomic E-state index is 12.1. The fourth-order valence-electron chi connectivity index (χ4n) is 1.94. The minimum atomic E-state index is -0.414. The second kappa shape index (κ2) is 7.51. The summed E-state index contributed by atoms with van der Waals surface area (Å²) in [7, 11) is 0. The van der Waals surface area contributed by atoms with Gasteiger partial charge in [-0.15, -0.1) is 11.3 Å². The van der Waals surface area contributed by atoms with Gasteiger partial charge in [0.25, 0.3) is 11.5 Å². The first-order valence-electron chi connectivity index (χ1n) is 7.19.